The van der Waals surface area contributed by atoms with Gasteiger partial charge in [0, 0.05) is 11.4 Å². The van der Waals surface area contributed by atoms with Crippen LogP contribution in [0.15, 0.2) is 35.4 Å². The molecule has 0 saturated heterocycles. The molecule has 0 atom stereocenters. The third kappa shape index (κ3) is 4.15. The molecule has 3 nitrogen and oxygen atoms in total. The Morgan fingerprint density at radius 1 is 1.06 bits per heavy atom. The first-order valence-electron chi connectivity index (χ1n) is 6.02. The molecule has 0 bridgehead atoms. The summed E-state index contributed by atoms with van der Waals surface area (Å²) in [6.07, 6.45) is 6.02. The Balaban J connectivity index is 1.81. The van der Waals surface area contributed by atoms with E-state index in [1.807, 2.05) is 30.3 Å². The first-order valence-corrected chi connectivity index (χ1v) is 6.43. The number of hydrogen-bond acceptors (Lipinski definition) is 2. The van der Waals surface area contributed by atoms with Gasteiger partial charge in [0.1, 0.15) is 0 Å². The van der Waals surface area contributed by atoms with Crippen molar-refractivity contribution in [3.05, 3.63) is 30.3 Å². The summed E-state index contributed by atoms with van der Waals surface area (Å²) < 4.78 is 0. The number of para-hydroxylation sites is 1. The van der Waals surface area contributed by atoms with E-state index in [2.05, 4.69) is 15.8 Å². The Morgan fingerprint density at radius 3 is 2.47 bits per heavy atom. The van der Waals surface area contributed by atoms with E-state index in [4.69, 9.17) is 12.2 Å². The molecule has 0 aromatic heterocycles. The summed E-state index contributed by atoms with van der Waals surface area (Å²) in [4.78, 5) is 0. The molecule has 4 heteroatoms. The smallest absolute Gasteiger partial charge is 0.191 e. The predicted molar refractivity (Wildman–Crippen MR) is 76.3 cm³/mol. The van der Waals surface area contributed by atoms with Crippen molar-refractivity contribution in [2.24, 2.45) is 5.10 Å². The van der Waals surface area contributed by atoms with E-state index < -0.39 is 0 Å². The van der Waals surface area contributed by atoms with E-state index in [1.54, 1.807) is 0 Å². The van der Waals surface area contributed by atoms with Crippen molar-refractivity contribution in [1.82, 2.24) is 5.43 Å². The molecule has 2 rings (SSSR count). The molecule has 17 heavy (non-hydrogen) atoms. The molecule has 1 aliphatic rings. The molecule has 0 unspecified atom stereocenters. The molecule has 0 heterocycles. The highest BCUT2D eigenvalue weighted by molar-refractivity contribution is 7.80. The SMILES string of the molecule is S=C(NN=C1CCCCC1)Nc1ccccc1. The van der Waals surface area contributed by atoms with Crippen molar-refractivity contribution in [1.29, 1.82) is 0 Å². The summed E-state index contributed by atoms with van der Waals surface area (Å²) in [6.45, 7) is 0. The lowest BCUT2D eigenvalue weighted by molar-refractivity contribution is 0.661. The summed E-state index contributed by atoms with van der Waals surface area (Å²) >= 11 is 5.18. The number of hydrazone groups is 1. The van der Waals surface area contributed by atoms with Gasteiger partial charge in [0.25, 0.3) is 0 Å². The lowest BCUT2D eigenvalue weighted by atomic mass is 9.99. The minimum absolute atomic E-state index is 0.550. The lowest BCUT2D eigenvalue weighted by Crippen LogP contribution is -2.25. The zero-order chi connectivity index (χ0) is 11.9. The molecule has 0 aliphatic heterocycles. The van der Waals surface area contributed by atoms with Crippen LogP contribution in [0, 0.1) is 0 Å². The number of thiocarbonyl (C=S) groups is 1. The van der Waals surface area contributed by atoms with Crippen molar-refractivity contribution in [2.75, 3.05) is 5.32 Å². The van der Waals surface area contributed by atoms with Gasteiger partial charge in [-0.3, -0.25) is 5.43 Å². The first kappa shape index (κ1) is 12.0. The fourth-order valence-electron chi connectivity index (χ4n) is 1.88. The van der Waals surface area contributed by atoms with Gasteiger partial charge in [-0.1, -0.05) is 24.6 Å². The van der Waals surface area contributed by atoms with Crippen LogP contribution in [0.2, 0.25) is 0 Å². The minimum atomic E-state index is 0.550. The van der Waals surface area contributed by atoms with Crippen molar-refractivity contribution in [3.8, 4) is 0 Å². The Labute approximate surface area is 107 Å². The van der Waals surface area contributed by atoms with Gasteiger partial charge in [-0.15, -0.1) is 0 Å². The molecule has 2 N–H and O–H groups in total. The number of hydrogen-bond donors (Lipinski definition) is 2. The second kappa shape index (κ2) is 6.35. The number of nitrogens with zero attached hydrogens (tertiary/aromatic N) is 1. The Kier molecular flexibility index (Phi) is 4.50. The van der Waals surface area contributed by atoms with E-state index in [0.29, 0.717) is 5.11 Å². The molecule has 1 saturated carbocycles. The average Bonchev–Trinajstić information content (AvgIpc) is 2.39. The van der Waals surface area contributed by atoms with E-state index in [-0.39, 0.29) is 0 Å². The van der Waals surface area contributed by atoms with Crippen LogP contribution < -0.4 is 10.7 Å². The van der Waals surface area contributed by atoms with Gasteiger partial charge in [0.15, 0.2) is 5.11 Å². The Hall–Kier alpha value is -1.42. The van der Waals surface area contributed by atoms with Crippen LogP contribution in [-0.4, -0.2) is 10.8 Å². The second-order valence-corrected chi connectivity index (χ2v) is 4.58. The molecule has 0 amide bonds. The van der Waals surface area contributed by atoms with Crippen LogP contribution in [0.1, 0.15) is 32.1 Å². The lowest BCUT2D eigenvalue weighted by Gasteiger charge is -2.13. The van der Waals surface area contributed by atoms with Crippen LogP contribution in [0.25, 0.3) is 0 Å². The van der Waals surface area contributed by atoms with E-state index in [0.717, 1.165) is 18.5 Å². The highest BCUT2D eigenvalue weighted by atomic mass is 32.1. The van der Waals surface area contributed by atoms with Crippen LogP contribution in [0.4, 0.5) is 5.69 Å². The molecule has 1 aromatic rings. The summed E-state index contributed by atoms with van der Waals surface area (Å²) in [6, 6.07) is 9.86. The van der Waals surface area contributed by atoms with Gasteiger partial charge in [0.05, 0.1) is 0 Å². The van der Waals surface area contributed by atoms with Crippen molar-refractivity contribution < 1.29 is 0 Å². The minimum Gasteiger partial charge on any atom is -0.331 e. The number of nitrogens with one attached hydrogen (secondary N) is 2. The summed E-state index contributed by atoms with van der Waals surface area (Å²) in [5.74, 6) is 0. The number of anilines is 1. The largest absolute Gasteiger partial charge is 0.331 e. The highest BCUT2D eigenvalue weighted by Crippen LogP contribution is 2.14. The predicted octanol–water partition coefficient (Wildman–Crippen LogP) is 3.29. The molecule has 1 fully saturated rings. The topological polar surface area (TPSA) is 36.4 Å². The highest BCUT2D eigenvalue weighted by Gasteiger charge is 2.06. The van der Waals surface area contributed by atoms with E-state index >= 15 is 0 Å². The second-order valence-electron chi connectivity index (χ2n) is 4.17. The van der Waals surface area contributed by atoms with Crippen LogP contribution in [0.5, 0.6) is 0 Å². The summed E-state index contributed by atoms with van der Waals surface area (Å²) in [7, 11) is 0. The number of rotatable bonds is 2. The van der Waals surface area contributed by atoms with Gasteiger partial charge in [0.2, 0.25) is 0 Å². The van der Waals surface area contributed by atoms with E-state index in [9.17, 15) is 0 Å². The third-order valence-electron chi connectivity index (χ3n) is 2.78. The van der Waals surface area contributed by atoms with Crippen LogP contribution >= 0.6 is 12.2 Å². The van der Waals surface area contributed by atoms with Gasteiger partial charge < -0.3 is 5.32 Å². The molecule has 1 aromatic carbocycles. The standard InChI is InChI=1S/C13H17N3S/c17-13(14-11-7-3-1-4-8-11)16-15-12-9-5-2-6-10-12/h1,3-4,7-8H,2,5-6,9-10H2,(H2,14,16,17). The maximum absolute atomic E-state index is 5.18. The van der Waals surface area contributed by atoms with Crippen molar-refractivity contribution >= 4 is 28.7 Å². The van der Waals surface area contributed by atoms with Gasteiger partial charge in [-0.25, -0.2) is 0 Å². The average molecular weight is 247 g/mol. The Morgan fingerprint density at radius 2 is 1.76 bits per heavy atom. The van der Waals surface area contributed by atoms with Gasteiger partial charge in [-0.2, -0.15) is 5.10 Å². The molecular weight excluding hydrogens is 230 g/mol. The van der Waals surface area contributed by atoms with Crippen molar-refractivity contribution in [2.45, 2.75) is 32.1 Å². The fourth-order valence-corrected chi connectivity index (χ4v) is 2.05. The monoisotopic (exact) mass is 247 g/mol. The Bertz CT molecular complexity index is 392. The molecule has 0 radical (unpaired) electrons. The van der Waals surface area contributed by atoms with Crippen LogP contribution in [-0.2, 0) is 0 Å². The van der Waals surface area contributed by atoms with Crippen molar-refractivity contribution in [3.63, 3.8) is 0 Å². The molecular formula is C13H17N3S. The van der Waals surface area contributed by atoms with Crippen LogP contribution in [0.3, 0.4) is 0 Å². The molecule has 90 valence electrons. The fraction of sp³-hybridized carbons (Fsp3) is 0.385. The maximum atomic E-state index is 5.18. The zero-order valence-corrected chi connectivity index (χ0v) is 10.6. The zero-order valence-electron chi connectivity index (χ0n) is 9.78. The first-order chi connectivity index (χ1) is 8.34. The van der Waals surface area contributed by atoms with Gasteiger partial charge in [-0.05, 0) is 50.0 Å². The van der Waals surface area contributed by atoms with Gasteiger partial charge >= 0.3 is 0 Å². The third-order valence-corrected chi connectivity index (χ3v) is 2.97. The number of benzene rings is 1. The summed E-state index contributed by atoms with van der Waals surface area (Å²) in [5, 5.41) is 7.99. The quantitative estimate of drug-likeness (QED) is 0.622. The van der Waals surface area contributed by atoms with E-state index in [1.165, 1.54) is 25.0 Å². The molecule has 0 spiro atoms. The molecule has 1 aliphatic carbocycles. The summed E-state index contributed by atoms with van der Waals surface area (Å²) in [5.41, 5.74) is 5.12. The maximum Gasteiger partial charge on any atom is 0.191 e. The normalized spacial score (nSPS) is 15.2.